The van der Waals surface area contributed by atoms with Crippen LogP contribution in [0.3, 0.4) is 0 Å². The van der Waals surface area contributed by atoms with Gasteiger partial charge >= 0.3 is 5.97 Å². The van der Waals surface area contributed by atoms with Crippen molar-refractivity contribution < 1.29 is 14.6 Å². The Balaban J connectivity index is 2.02. The third-order valence-electron chi connectivity index (χ3n) is 2.75. The molecule has 2 rings (SSSR count). The summed E-state index contributed by atoms with van der Waals surface area (Å²) in [5.41, 5.74) is -0.0120. The number of rotatable bonds is 4. The summed E-state index contributed by atoms with van der Waals surface area (Å²) in [4.78, 5) is 18.7. The van der Waals surface area contributed by atoms with Crippen LogP contribution in [-0.4, -0.2) is 39.8 Å². The largest absolute Gasteiger partial charge is 0.477 e. The number of anilines is 1. The summed E-state index contributed by atoms with van der Waals surface area (Å²) < 4.78 is 5.53. The molecule has 1 aliphatic rings. The van der Waals surface area contributed by atoms with Crippen LogP contribution >= 0.6 is 0 Å². The first-order chi connectivity index (χ1) is 8.16. The molecule has 1 aliphatic heterocycles. The number of nitrogens with one attached hydrogen (secondary N) is 1. The second-order valence-corrected chi connectivity index (χ2v) is 4.06. The monoisotopic (exact) mass is 237 g/mol. The summed E-state index contributed by atoms with van der Waals surface area (Å²) in [6.45, 7) is 2.76. The molecule has 6 heteroatoms. The van der Waals surface area contributed by atoms with Gasteiger partial charge in [-0.2, -0.15) is 0 Å². The summed E-state index contributed by atoms with van der Waals surface area (Å²) in [5, 5.41) is 11.9. The van der Waals surface area contributed by atoms with E-state index in [1.807, 2.05) is 6.92 Å². The average molecular weight is 237 g/mol. The van der Waals surface area contributed by atoms with E-state index in [1.165, 1.54) is 12.3 Å². The molecular formula is C11H15N3O3. The number of ether oxygens (including phenoxy) is 1. The maximum atomic E-state index is 10.8. The molecule has 1 aromatic rings. The minimum atomic E-state index is -1.06. The van der Waals surface area contributed by atoms with Crippen LogP contribution in [0, 0.1) is 0 Å². The van der Waals surface area contributed by atoms with E-state index in [0.29, 0.717) is 5.95 Å². The Labute approximate surface area is 99.0 Å². The maximum absolute atomic E-state index is 10.8. The Bertz CT molecular complexity index is 405. The predicted octanol–water partition coefficient (Wildman–Crippen LogP) is 1.15. The normalized spacial score (nSPS) is 21.1. The van der Waals surface area contributed by atoms with E-state index < -0.39 is 5.97 Å². The highest BCUT2D eigenvalue weighted by atomic mass is 16.5. The number of nitrogens with zero attached hydrogens (tertiary/aromatic N) is 2. The summed E-state index contributed by atoms with van der Waals surface area (Å²) in [7, 11) is 0. The van der Waals surface area contributed by atoms with Gasteiger partial charge in [0.2, 0.25) is 5.95 Å². The van der Waals surface area contributed by atoms with Crippen LogP contribution < -0.4 is 5.32 Å². The van der Waals surface area contributed by atoms with Crippen molar-refractivity contribution >= 4 is 11.9 Å². The van der Waals surface area contributed by atoms with E-state index in [4.69, 9.17) is 9.84 Å². The first-order valence-electron chi connectivity index (χ1n) is 5.61. The fourth-order valence-corrected chi connectivity index (χ4v) is 1.84. The van der Waals surface area contributed by atoms with Gasteiger partial charge in [0.25, 0.3) is 0 Å². The minimum Gasteiger partial charge on any atom is -0.477 e. The third kappa shape index (κ3) is 2.91. The van der Waals surface area contributed by atoms with Crippen LogP contribution in [0.5, 0.6) is 0 Å². The molecule has 2 unspecified atom stereocenters. The van der Waals surface area contributed by atoms with Crippen LogP contribution in [0.2, 0.25) is 0 Å². The highest BCUT2D eigenvalue weighted by Gasteiger charge is 2.22. The predicted molar refractivity (Wildman–Crippen MR) is 61.1 cm³/mol. The lowest BCUT2D eigenvalue weighted by molar-refractivity contribution is 0.0690. The molecule has 2 atom stereocenters. The molecule has 2 heterocycles. The molecule has 1 saturated heterocycles. The van der Waals surface area contributed by atoms with Crippen molar-refractivity contribution in [3.05, 3.63) is 18.0 Å². The standard InChI is InChI=1S/C11H15N3O3/c1-7(9-3-2-6-17-9)13-11-12-5-4-8(14-11)10(15)16/h4-5,7,9H,2-3,6H2,1H3,(H,15,16)(H,12,13,14). The highest BCUT2D eigenvalue weighted by molar-refractivity contribution is 5.85. The van der Waals surface area contributed by atoms with E-state index in [2.05, 4.69) is 15.3 Å². The minimum absolute atomic E-state index is 0.0120. The topological polar surface area (TPSA) is 84.3 Å². The van der Waals surface area contributed by atoms with Gasteiger partial charge in [0.1, 0.15) is 0 Å². The van der Waals surface area contributed by atoms with Crippen molar-refractivity contribution in [1.82, 2.24) is 9.97 Å². The van der Waals surface area contributed by atoms with E-state index in [1.54, 1.807) is 0 Å². The molecule has 0 radical (unpaired) electrons. The van der Waals surface area contributed by atoms with Gasteiger partial charge in [0, 0.05) is 12.8 Å². The molecular weight excluding hydrogens is 222 g/mol. The number of hydrogen-bond acceptors (Lipinski definition) is 5. The molecule has 0 spiro atoms. The number of carboxylic acids is 1. The summed E-state index contributed by atoms with van der Waals surface area (Å²) in [5.74, 6) is -0.729. The Morgan fingerprint density at radius 1 is 1.71 bits per heavy atom. The lowest BCUT2D eigenvalue weighted by atomic mass is 10.1. The van der Waals surface area contributed by atoms with Gasteiger partial charge in [-0.25, -0.2) is 14.8 Å². The Morgan fingerprint density at radius 2 is 2.53 bits per heavy atom. The van der Waals surface area contributed by atoms with E-state index in [9.17, 15) is 4.79 Å². The second-order valence-electron chi connectivity index (χ2n) is 4.06. The second kappa shape index (κ2) is 5.09. The fourth-order valence-electron chi connectivity index (χ4n) is 1.84. The van der Waals surface area contributed by atoms with Crippen molar-refractivity contribution in [2.45, 2.75) is 31.9 Å². The van der Waals surface area contributed by atoms with Gasteiger partial charge in [0.05, 0.1) is 12.1 Å². The number of hydrogen-bond donors (Lipinski definition) is 2. The smallest absolute Gasteiger partial charge is 0.354 e. The summed E-state index contributed by atoms with van der Waals surface area (Å²) in [6.07, 6.45) is 3.65. The molecule has 1 aromatic heterocycles. The SMILES string of the molecule is CC(Nc1nccc(C(=O)O)n1)C1CCCO1. The van der Waals surface area contributed by atoms with Crippen molar-refractivity contribution in [3.8, 4) is 0 Å². The Kier molecular flexibility index (Phi) is 3.53. The average Bonchev–Trinajstić information content (AvgIpc) is 2.82. The third-order valence-corrected chi connectivity index (χ3v) is 2.75. The molecule has 1 fully saturated rings. The number of aromatic carboxylic acids is 1. The molecule has 0 saturated carbocycles. The zero-order chi connectivity index (χ0) is 12.3. The number of carbonyl (C=O) groups is 1. The molecule has 0 aliphatic carbocycles. The molecule has 0 aromatic carbocycles. The van der Waals surface area contributed by atoms with Gasteiger partial charge in [-0.15, -0.1) is 0 Å². The quantitative estimate of drug-likeness (QED) is 0.817. The number of carboxylic acid groups (broad SMARTS) is 1. The zero-order valence-electron chi connectivity index (χ0n) is 9.59. The van der Waals surface area contributed by atoms with Gasteiger partial charge in [-0.3, -0.25) is 0 Å². The van der Waals surface area contributed by atoms with E-state index in [0.717, 1.165) is 19.4 Å². The van der Waals surface area contributed by atoms with Crippen LogP contribution in [0.1, 0.15) is 30.3 Å². The van der Waals surface area contributed by atoms with Gasteiger partial charge in [0.15, 0.2) is 5.69 Å². The van der Waals surface area contributed by atoms with Crippen molar-refractivity contribution in [2.24, 2.45) is 0 Å². The van der Waals surface area contributed by atoms with Crippen molar-refractivity contribution in [2.75, 3.05) is 11.9 Å². The molecule has 0 amide bonds. The summed E-state index contributed by atoms with van der Waals surface area (Å²) >= 11 is 0. The first-order valence-corrected chi connectivity index (χ1v) is 5.61. The lowest BCUT2D eigenvalue weighted by Gasteiger charge is -2.19. The number of aromatic nitrogens is 2. The van der Waals surface area contributed by atoms with Gasteiger partial charge < -0.3 is 15.2 Å². The fraction of sp³-hybridized carbons (Fsp3) is 0.545. The van der Waals surface area contributed by atoms with Crippen molar-refractivity contribution in [3.63, 3.8) is 0 Å². The Morgan fingerprint density at radius 3 is 3.18 bits per heavy atom. The maximum Gasteiger partial charge on any atom is 0.354 e. The highest BCUT2D eigenvalue weighted by Crippen LogP contribution is 2.17. The van der Waals surface area contributed by atoms with Crippen molar-refractivity contribution in [1.29, 1.82) is 0 Å². The first kappa shape index (κ1) is 11.8. The summed E-state index contributed by atoms with van der Waals surface area (Å²) in [6, 6.07) is 1.44. The van der Waals surface area contributed by atoms with Crippen LogP contribution in [-0.2, 0) is 4.74 Å². The van der Waals surface area contributed by atoms with Gasteiger partial charge in [-0.05, 0) is 25.8 Å². The van der Waals surface area contributed by atoms with Gasteiger partial charge in [-0.1, -0.05) is 0 Å². The van der Waals surface area contributed by atoms with Crippen LogP contribution in [0.15, 0.2) is 12.3 Å². The molecule has 17 heavy (non-hydrogen) atoms. The molecule has 2 N–H and O–H groups in total. The molecule has 6 nitrogen and oxygen atoms in total. The van der Waals surface area contributed by atoms with Crippen LogP contribution in [0.4, 0.5) is 5.95 Å². The molecule has 92 valence electrons. The van der Waals surface area contributed by atoms with Crippen LogP contribution in [0.25, 0.3) is 0 Å². The van der Waals surface area contributed by atoms with E-state index >= 15 is 0 Å². The zero-order valence-corrected chi connectivity index (χ0v) is 9.59. The lowest BCUT2D eigenvalue weighted by Crippen LogP contribution is -2.31. The Hall–Kier alpha value is -1.69. The van der Waals surface area contributed by atoms with E-state index in [-0.39, 0.29) is 17.8 Å². The molecule has 0 bridgehead atoms.